The third-order valence-electron chi connectivity index (χ3n) is 3.82. The Kier molecular flexibility index (Phi) is 3.96. The Morgan fingerprint density at radius 1 is 0.952 bits per heavy atom. The van der Waals surface area contributed by atoms with Crippen LogP contribution in [0.15, 0.2) is 60.7 Å². The Morgan fingerprint density at radius 2 is 1.71 bits per heavy atom. The fourth-order valence-electron chi connectivity index (χ4n) is 2.52. The lowest BCUT2D eigenvalue weighted by Crippen LogP contribution is -2.02. The van der Waals surface area contributed by atoms with Crippen molar-refractivity contribution in [3.05, 3.63) is 82.4 Å². The topological polar surface area (TPSA) is 20.2 Å². The average molecular weight is 297 g/mol. The number of benzene rings is 3. The molecule has 3 aromatic carbocycles. The Bertz CT molecular complexity index is 779. The lowest BCUT2D eigenvalue weighted by molar-refractivity contribution is 0.178. The van der Waals surface area contributed by atoms with Crippen molar-refractivity contribution in [2.75, 3.05) is 0 Å². The fourth-order valence-corrected chi connectivity index (χ4v) is 2.71. The van der Waals surface area contributed by atoms with Crippen LogP contribution in [0.2, 0.25) is 5.02 Å². The first-order valence-corrected chi connectivity index (χ1v) is 7.43. The normalized spacial score (nSPS) is 12.5. The van der Waals surface area contributed by atoms with Gasteiger partial charge in [-0.05, 0) is 40.5 Å². The first kappa shape index (κ1) is 14.1. The molecule has 1 N–H and O–H groups in total. The number of rotatable bonds is 3. The molecule has 3 rings (SSSR count). The molecule has 1 atom stereocenters. The second-order valence-electron chi connectivity index (χ2n) is 5.41. The lowest BCUT2D eigenvalue weighted by atomic mass is 9.98. The van der Waals surface area contributed by atoms with E-state index in [2.05, 4.69) is 30.3 Å². The van der Waals surface area contributed by atoms with Crippen molar-refractivity contribution in [3.63, 3.8) is 0 Å². The number of fused-ring (bicyclic) bond motifs is 1. The molecular weight excluding hydrogens is 280 g/mol. The molecule has 0 saturated carbocycles. The van der Waals surface area contributed by atoms with E-state index in [0.29, 0.717) is 11.4 Å². The quantitative estimate of drug-likeness (QED) is 0.715. The number of aliphatic hydroxyl groups excluding tert-OH is 1. The first-order valence-electron chi connectivity index (χ1n) is 7.05. The summed E-state index contributed by atoms with van der Waals surface area (Å²) in [6, 6.07) is 20.3. The second-order valence-corrected chi connectivity index (χ2v) is 5.82. The van der Waals surface area contributed by atoms with Gasteiger partial charge in [0.05, 0.1) is 6.10 Å². The average Bonchev–Trinajstić information content (AvgIpc) is 2.50. The summed E-state index contributed by atoms with van der Waals surface area (Å²) >= 11 is 6.13. The first-order chi connectivity index (χ1) is 10.1. The minimum absolute atomic E-state index is 0.538. The molecule has 0 aliphatic heterocycles. The molecular formula is C19H17ClO. The minimum Gasteiger partial charge on any atom is -0.388 e. The fraction of sp³-hybridized carbons (Fsp3) is 0.158. The molecule has 0 spiro atoms. The van der Waals surface area contributed by atoms with E-state index < -0.39 is 6.10 Å². The van der Waals surface area contributed by atoms with Crippen LogP contribution < -0.4 is 0 Å². The molecule has 2 heteroatoms. The highest BCUT2D eigenvalue weighted by Crippen LogP contribution is 2.25. The molecule has 21 heavy (non-hydrogen) atoms. The second kappa shape index (κ2) is 5.88. The molecule has 0 aliphatic carbocycles. The van der Waals surface area contributed by atoms with Gasteiger partial charge in [0.25, 0.3) is 0 Å². The maximum atomic E-state index is 10.4. The van der Waals surface area contributed by atoms with E-state index in [4.69, 9.17) is 11.6 Å². The van der Waals surface area contributed by atoms with Gasteiger partial charge < -0.3 is 5.11 Å². The lowest BCUT2D eigenvalue weighted by Gasteiger charge is -2.13. The molecule has 0 radical (unpaired) electrons. The molecule has 0 aromatic heterocycles. The molecule has 0 fully saturated rings. The summed E-state index contributed by atoms with van der Waals surface area (Å²) in [5.41, 5.74) is 3.01. The number of hydrogen-bond acceptors (Lipinski definition) is 1. The maximum absolute atomic E-state index is 10.4. The predicted molar refractivity (Wildman–Crippen MR) is 88.8 cm³/mol. The summed E-state index contributed by atoms with van der Waals surface area (Å²) in [7, 11) is 0. The third kappa shape index (κ3) is 3.10. The zero-order valence-corrected chi connectivity index (χ0v) is 12.6. The summed E-state index contributed by atoms with van der Waals surface area (Å²) < 4.78 is 0. The number of aliphatic hydroxyl groups is 1. The summed E-state index contributed by atoms with van der Waals surface area (Å²) in [5, 5.41) is 13.5. The Balaban J connectivity index is 1.85. The summed E-state index contributed by atoms with van der Waals surface area (Å²) in [5.74, 6) is 0. The van der Waals surface area contributed by atoms with Crippen LogP contribution in [0.3, 0.4) is 0 Å². The summed E-state index contributed by atoms with van der Waals surface area (Å²) in [6.07, 6.45) is 0.0498. The number of hydrogen-bond donors (Lipinski definition) is 1. The van der Waals surface area contributed by atoms with Gasteiger partial charge >= 0.3 is 0 Å². The van der Waals surface area contributed by atoms with Crippen molar-refractivity contribution in [2.45, 2.75) is 19.4 Å². The van der Waals surface area contributed by atoms with Crippen molar-refractivity contribution in [1.82, 2.24) is 0 Å². The van der Waals surface area contributed by atoms with Gasteiger partial charge in [0, 0.05) is 11.4 Å². The van der Waals surface area contributed by atoms with Gasteiger partial charge in [0.2, 0.25) is 0 Å². The smallest absolute Gasteiger partial charge is 0.0830 e. The van der Waals surface area contributed by atoms with Gasteiger partial charge in [-0.3, -0.25) is 0 Å². The van der Waals surface area contributed by atoms with E-state index >= 15 is 0 Å². The van der Waals surface area contributed by atoms with Crippen LogP contribution in [0.5, 0.6) is 0 Å². The molecule has 1 nitrogen and oxygen atoms in total. The molecule has 106 valence electrons. The summed E-state index contributed by atoms with van der Waals surface area (Å²) in [6.45, 7) is 1.96. The third-order valence-corrected chi connectivity index (χ3v) is 4.23. The Hall–Kier alpha value is -1.83. The molecule has 0 heterocycles. The van der Waals surface area contributed by atoms with Crippen LogP contribution in [-0.2, 0) is 6.42 Å². The minimum atomic E-state index is -0.538. The SMILES string of the molecule is Cc1ccc(C(O)Cc2ccc3ccccc3c2)cc1Cl. The van der Waals surface area contributed by atoms with Crippen LogP contribution in [-0.4, -0.2) is 5.11 Å². The van der Waals surface area contributed by atoms with E-state index in [1.54, 1.807) is 0 Å². The van der Waals surface area contributed by atoms with Gasteiger partial charge in [-0.25, -0.2) is 0 Å². The Morgan fingerprint density at radius 3 is 2.48 bits per heavy atom. The molecule has 3 aromatic rings. The van der Waals surface area contributed by atoms with Crippen LogP contribution in [0, 0.1) is 6.92 Å². The highest BCUT2D eigenvalue weighted by atomic mass is 35.5. The van der Waals surface area contributed by atoms with Crippen molar-refractivity contribution >= 4 is 22.4 Å². The number of aryl methyl sites for hydroxylation is 1. The van der Waals surface area contributed by atoms with Crippen LogP contribution in [0.4, 0.5) is 0 Å². The van der Waals surface area contributed by atoms with Crippen molar-refractivity contribution in [3.8, 4) is 0 Å². The van der Waals surface area contributed by atoms with Crippen molar-refractivity contribution in [1.29, 1.82) is 0 Å². The van der Waals surface area contributed by atoms with Gasteiger partial charge in [0.15, 0.2) is 0 Å². The molecule has 1 unspecified atom stereocenters. The van der Waals surface area contributed by atoms with Crippen molar-refractivity contribution < 1.29 is 5.11 Å². The van der Waals surface area contributed by atoms with E-state index in [0.717, 1.165) is 16.7 Å². The van der Waals surface area contributed by atoms with Gasteiger partial charge in [-0.15, -0.1) is 0 Å². The molecule has 0 aliphatic rings. The largest absolute Gasteiger partial charge is 0.388 e. The molecule has 0 saturated heterocycles. The van der Waals surface area contributed by atoms with Crippen LogP contribution >= 0.6 is 11.6 Å². The maximum Gasteiger partial charge on any atom is 0.0830 e. The van der Waals surface area contributed by atoms with Crippen LogP contribution in [0.1, 0.15) is 22.8 Å². The van der Waals surface area contributed by atoms with E-state index in [1.165, 1.54) is 10.8 Å². The zero-order chi connectivity index (χ0) is 14.8. The predicted octanol–water partition coefficient (Wildman–Crippen LogP) is 5.08. The van der Waals surface area contributed by atoms with Gasteiger partial charge in [-0.2, -0.15) is 0 Å². The summed E-state index contributed by atoms with van der Waals surface area (Å²) in [4.78, 5) is 0. The highest BCUT2D eigenvalue weighted by Gasteiger charge is 2.10. The number of halogens is 1. The monoisotopic (exact) mass is 296 g/mol. The highest BCUT2D eigenvalue weighted by molar-refractivity contribution is 6.31. The standard InChI is InChI=1S/C19H17ClO/c1-13-6-8-17(12-18(13)20)19(21)11-14-7-9-15-4-2-3-5-16(15)10-14/h2-10,12,19,21H,11H2,1H3. The molecule has 0 amide bonds. The zero-order valence-electron chi connectivity index (χ0n) is 11.9. The van der Waals surface area contributed by atoms with E-state index in [9.17, 15) is 5.11 Å². The van der Waals surface area contributed by atoms with E-state index in [1.807, 2.05) is 37.3 Å². The molecule has 0 bridgehead atoms. The van der Waals surface area contributed by atoms with E-state index in [-0.39, 0.29) is 0 Å². The Labute approximate surface area is 129 Å². The van der Waals surface area contributed by atoms with Gasteiger partial charge in [0.1, 0.15) is 0 Å². The van der Waals surface area contributed by atoms with Crippen molar-refractivity contribution in [2.24, 2.45) is 0 Å². The van der Waals surface area contributed by atoms with Crippen LogP contribution in [0.25, 0.3) is 10.8 Å². The van der Waals surface area contributed by atoms with Gasteiger partial charge in [-0.1, -0.05) is 66.2 Å².